The number of benzene rings is 2. The summed E-state index contributed by atoms with van der Waals surface area (Å²) in [6.07, 6.45) is 1.26. The van der Waals surface area contributed by atoms with Crippen molar-refractivity contribution in [2.24, 2.45) is 0 Å². The number of rotatable bonds is 6. The number of carbonyl (C=O) groups excluding carboxylic acids is 1. The second kappa shape index (κ2) is 8.60. The molecule has 2 aromatic carbocycles. The molecular weight excluding hydrogens is 390 g/mol. The van der Waals surface area contributed by atoms with Crippen LogP contribution in [0.1, 0.15) is 0 Å². The highest BCUT2D eigenvalue weighted by molar-refractivity contribution is 5.78. The highest BCUT2D eigenvalue weighted by Gasteiger charge is 2.22. The maximum Gasteiger partial charge on any atom is 0.269 e. The van der Waals surface area contributed by atoms with E-state index in [4.69, 9.17) is 9.15 Å². The third-order valence-electron chi connectivity index (χ3n) is 4.88. The van der Waals surface area contributed by atoms with Crippen LogP contribution in [-0.2, 0) is 4.79 Å². The van der Waals surface area contributed by atoms with E-state index in [0.717, 1.165) is 11.3 Å². The van der Waals surface area contributed by atoms with E-state index in [-0.39, 0.29) is 18.2 Å². The van der Waals surface area contributed by atoms with Crippen LogP contribution in [0.5, 0.6) is 5.75 Å². The van der Waals surface area contributed by atoms with Gasteiger partial charge in [0.25, 0.3) is 11.6 Å². The number of hydrogen-bond acceptors (Lipinski definition) is 8. The van der Waals surface area contributed by atoms with Gasteiger partial charge >= 0.3 is 0 Å². The first kappa shape index (κ1) is 19.4. The normalized spacial score (nSPS) is 13.9. The number of aromatic nitrogens is 2. The Bertz CT molecular complexity index is 997. The van der Waals surface area contributed by atoms with Crippen molar-refractivity contribution in [2.45, 2.75) is 0 Å². The molecule has 0 atom stereocenters. The third kappa shape index (κ3) is 4.37. The van der Waals surface area contributed by atoms with Crippen molar-refractivity contribution >= 4 is 17.3 Å². The van der Waals surface area contributed by atoms with Crippen LogP contribution in [0.25, 0.3) is 11.5 Å². The van der Waals surface area contributed by atoms with Crippen LogP contribution in [0.2, 0.25) is 0 Å². The quantitative estimate of drug-likeness (QED) is 0.450. The van der Waals surface area contributed by atoms with E-state index in [2.05, 4.69) is 15.1 Å². The lowest BCUT2D eigenvalue weighted by Crippen LogP contribution is -2.50. The number of non-ortho nitro benzene ring substituents is 1. The number of hydrogen-bond donors (Lipinski definition) is 0. The number of nitro groups is 1. The number of piperazine rings is 1. The minimum absolute atomic E-state index is 0.0442. The Kier molecular flexibility index (Phi) is 5.55. The minimum Gasteiger partial charge on any atom is -0.484 e. The third-order valence-corrected chi connectivity index (χ3v) is 4.88. The Balaban J connectivity index is 1.25. The smallest absolute Gasteiger partial charge is 0.269 e. The van der Waals surface area contributed by atoms with Gasteiger partial charge in [-0.2, -0.15) is 0 Å². The molecule has 1 aliphatic heterocycles. The lowest BCUT2D eigenvalue weighted by Gasteiger charge is -2.36. The van der Waals surface area contributed by atoms with E-state index in [0.29, 0.717) is 37.8 Å². The van der Waals surface area contributed by atoms with Crippen LogP contribution in [0.4, 0.5) is 11.4 Å². The Hall–Kier alpha value is -3.95. The molecule has 1 aromatic heterocycles. The summed E-state index contributed by atoms with van der Waals surface area (Å²) in [7, 11) is 0. The van der Waals surface area contributed by atoms with Crippen LogP contribution < -0.4 is 9.64 Å². The molecule has 3 aromatic rings. The number of ether oxygens (including phenoxy) is 1. The van der Waals surface area contributed by atoms with Crippen LogP contribution >= 0.6 is 0 Å². The summed E-state index contributed by atoms with van der Waals surface area (Å²) in [6.45, 7) is 2.40. The van der Waals surface area contributed by atoms with Gasteiger partial charge in [0, 0.05) is 49.6 Å². The van der Waals surface area contributed by atoms with E-state index >= 15 is 0 Å². The molecule has 0 unspecified atom stereocenters. The Morgan fingerprint density at radius 3 is 2.37 bits per heavy atom. The zero-order chi connectivity index (χ0) is 20.9. The van der Waals surface area contributed by atoms with Gasteiger partial charge in [0.15, 0.2) is 6.61 Å². The number of nitro benzene ring substituents is 1. The molecule has 1 amide bonds. The number of carbonyl (C=O) groups is 1. The molecule has 0 N–H and O–H groups in total. The van der Waals surface area contributed by atoms with Gasteiger partial charge in [-0.15, -0.1) is 10.2 Å². The highest BCUT2D eigenvalue weighted by atomic mass is 16.6. The monoisotopic (exact) mass is 409 g/mol. The first-order chi connectivity index (χ1) is 14.6. The topological polar surface area (TPSA) is 115 Å². The summed E-state index contributed by atoms with van der Waals surface area (Å²) < 4.78 is 10.7. The highest BCUT2D eigenvalue weighted by Crippen LogP contribution is 2.22. The van der Waals surface area contributed by atoms with Crippen LogP contribution in [-0.4, -0.2) is 58.7 Å². The number of amides is 1. The maximum absolute atomic E-state index is 12.5. The van der Waals surface area contributed by atoms with Gasteiger partial charge in [0.2, 0.25) is 12.3 Å². The fourth-order valence-electron chi connectivity index (χ4n) is 3.23. The summed E-state index contributed by atoms with van der Waals surface area (Å²) >= 11 is 0. The molecule has 30 heavy (non-hydrogen) atoms. The van der Waals surface area contributed by atoms with Crippen molar-refractivity contribution in [3.8, 4) is 17.2 Å². The molecular formula is C20H19N5O5. The lowest BCUT2D eigenvalue weighted by molar-refractivity contribution is -0.384. The second-order valence-corrected chi connectivity index (χ2v) is 6.70. The molecule has 10 nitrogen and oxygen atoms in total. The van der Waals surface area contributed by atoms with Crippen molar-refractivity contribution in [1.82, 2.24) is 15.1 Å². The predicted molar refractivity (Wildman–Crippen MR) is 107 cm³/mol. The van der Waals surface area contributed by atoms with Crippen molar-refractivity contribution in [3.63, 3.8) is 0 Å². The van der Waals surface area contributed by atoms with Crippen LogP contribution in [0, 0.1) is 10.1 Å². The fourth-order valence-corrected chi connectivity index (χ4v) is 3.23. The average molecular weight is 409 g/mol. The number of nitrogens with zero attached hydrogens (tertiary/aromatic N) is 5. The lowest BCUT2D eigenvalue weighted by atomic mass is 10.2. The van der Waals surface area contributed by atoms with Gasteiger partial charge in [0.1, 0.15) is 5.75 Å². The largest absolute Gasteiger partial charge is 0.484 e. The SMILES string of the molecule is O=C(COc1ccc(-c2nnco2)cc1)N1CCN(c2ccc([N+](=O)[O-])cc2)CC1. The van der Waals surface area contributed by atoms with Crippen molar-refractivity contribution in [3.05, 3.63) is 65.0 Å². The average Bonchev–Trinajstić information content (AvgIpc) is 3.33. The molecule has 2 heterocycles. The molecule has 0 spiro atoms. The minimum atomic E-state index is -0.418. The summed E-state index contributed by atoms with van der Waals surface area (Å²) in [5.41, 5.74) is 1.74. The second-order valence-electron chi connectivity index (χ2n) is 6.70. The molecule has 4 rings (SSSR count). The molecule has 1 fully saturated rings. The Morgan fingerprint density at radius 2 is 1.77 bits per heavy atom. The van der Waals surface area contributed by atoms with E-state index in [1.807, 2.05) is 0 Å². The Labute approximate surface area is 171 Å². The van der Waals surface area contributed by atoms with Gasteiger partial charge in [-0.05, 0) is 36.4 Å². The molecule has 0 radical (unpaired) electrons. The zero-order valence-electron chi connectivity index (χ0n) is 16.0. The van der Waals surface area contributed by atoms with Crippen LogP contribution in [0.15, 0.2) is 59.3 Å². The molecule has 0 saturated carbocycles. The van der Waals surface area contributed by atoms with Gasteiger partial charge in [-0.1, -0.05) is 0 Å². The molecule has 10 heteroatoms. The predicted octanol–water partition coefficient (Wildman–Crippen LogP) is 2.37. The van der Waals surface area contributed by atoms with Gasteiger partial charge in [0.05, 0.1) is 4.92 Å². The summed E-state index contributed by atoms with van der Waals surface area (Å²) in [6, 6.07) is 13.5. The first-order valence-corrected chi connectivity index (χ1v) is 9.37. The zero-order valence-corrected chi connectivity index (χ0v) is 16.0. The van der Waals surface area contributed by atoms with Gasteiger partial charge < -0.3 is 19.0 Å². The standard InChI is InChI=1S/C20H19N5O5/c26-19(13-29-18-7-1-15(2-8-18)20-22-21-14-30-20)24-11-9-23(10-12-24)16-3-5-17(6-4-16)25(27)28/h1-8,14H,9-13H2. The maximum atomic E-state index is 12.5. The molecule has 154 valence electrons. The summed E-state index contributed by atoms with van der Waals surface area (Å²) in [5, 5.41) is 18.2. The van der Waals surface area contributed by atoms with Gasteiger partial charge in [-0.3, -0.25) is 14.9 Å². The Morgan fingerprint density at radius 1 is 1.07 bits per heavy atom. The molecule has 0 aliphatic carbocycles. The van der Waals surface area contributed by atoms with Gasteiger partial charge in [-0.25, -0.2) is 0 Å². The molecule has 1 saturated heterocycles. The van der Waals surface area contributed by atoms with Crippen molar-refractivity contribution < 1.29 is 18.9 Å². The van der Waals surface area contributed by atoms with E-state index in [1.54, 1.807) is 41.3 Å². The first-order valence-electron chi connectivity index (χ1n) is 9.37. The molecule has 0 bridgehead atoms. The van der Waals surface area contributed by atoms with E-state index in [1.165, 1.54) is 18.5 Å². The summed E-state index contributed by atoms with van der Waals surface area (Å²) in [5.74, 6) is 0.916. The fraction of sp³-hybridized carbons (Fsp3) is 0.250. The van der Waals surface area contributed by atoms with Crippen LogP contribution in [0.3, 0.4) is 0 Å². The van der Waals surface area contributed by atoms with Crippen molar-refractivity contribution in [1.29, 1.82) is 0 Å². The van der Waals surface area contributed by atoms with Crippen molar-refractivity contribution in [2.75, 3.05) is 37.7 Å². The number of anilines is 1. The van der Waals surface area contributed by atoms with E-state index in [9.17, 15) is 14.9 Å². The molecule has 1 aliphatic rings. The van der Waals surface area contributed by atoms with E-state index < -0.39 is 4.92 Å². The summed E-state index contributed by atoms with van der Waals surface area (Å²) in [4.78, 5) is 26.7.